The number of piperidine rings is 1. The molecule has 1 aromatic carbocycles. The van der Waals surface area contributed by atoms with Crippen LogP contribution in [0.4, 0.5) is 0 Å². The Balaban J connectivity index is 1.32. The fourth-order valence-corrected chi connectivity index (χ4v) is 3.07. The fourth-order valence-electron chi connectivity index (χ4n) is 3.07. The van der Waals surface area contributed by atoms with E-state index in [1.165, 1.54) is 5.56 Å². The lowest BCUT2D eigenvalue weighted by Gasteiger charge is -2.31. The molecule has 2 fully saturated rings. The van der Waals surface area contributed by atoms with Crippen molar-refractivity contribution in [1.29, 1.82) is 0 Å². The Morgan fingerprint density at radius 3 is 2.38 bits per heavy atom. The van der Waals surface area contributed by atoms with Gasteiger partial charge in [-0.2, -0.15) is 0 Å². The number of amides is 2. The molecule has 2 amide bonds. The number of hydrogen-bond donors (Lipinski definition) is 1. The van der Waals surface area contributed by atoms with E-state index in [0.29, 0.717) is 32.1 Å². The molecule has 130 valence electrons. The highest BCUT2D eigenvalue weighted by molar-refractivity contribution is 5.82. The molecule has 5 nitrogen and oxygen atoms in total. The standard InChI is InChI=1S/C19H26N2O3/c1-14-2-6-17(7-3-14)24-13-10-20-18(22)15-8-11-21(12-9-15)19(23)16-4-5-16/h2-3,6-7,15-16H,4-5,8-13H2,1H3,(H,20,22). The zero-order valence-corrected chi connectivity index (χ0v) is 14.3. The first-order chi connectivity index (χ1) is 11.6. The minimum Gasteiger partial charge on any atom is -0.492 e. The highest BCUT2D eigenvalue weighted by Gasteiger charge is 2.35. The Kier molecular flexibility index (Phi) is 5.38. The first-order valence-electron chi connectivity index (χ1n) is 8.89. The number of nitrogens with one attached hydrogen (secondary N) is 1. The Hall–Kier alpha value is -2.04. The molecule has 1 saturated heterocycles. The summed E-state index contributed by atoms with van der Waals surface area (Å²) >= 11 is 0. The van der Waals surface area contributed by atoms with Crippen molar-refractivity contribution in [2.24, 2.45) is 11.8 Å². The summed E-state index contributed by atoms with van der Waals surface area (Å²) in [5.41, 5.74) is 1.20. The molecule has 0 radical (unpaired) electrons. The van der Waals surface area contributed by atoms with Crippen molar-refractivity contribution in [3.05, 3.63) is 29.8 Å². The van der Waals surface area contributed by atoms with Gasteiger partial charge >= 0.3 is 0 Å². The van der Waals surface area contributed by atoms with E-state index in [4.69, 9.17) is 4.74 Å². The summed E-state index contributed by atoms with van der Waals surface area (Å²) in [5, 5.41) is 2.95. The van der Waals surface area contributed by atoms with Crippen LogP contribution in [0.15, 0.2) is 24.3 Å². The van der Waals surface area contributed by atoms with Crippen LogP contribution in [0.5, 0.6) is 5.75 Å². The number of nitrogens with zero attached hydrogens (tertiary/aromatic N) is 1. The maximum absolute atomic E-state index is 12.2. The number of likely N-dealkylation sites (tertiary alicyclic amines) is 1. The van der Waals surface area contributed by atoms with Crippen molar-refractivity contribution in [2.45, 2.75) is 32.6 Å². The van der Waals surface area contributed by atoms with Gasteiger partial charge in [0.15, 0.2) is 0 Å². The van der Waals surface area contributed by atoms with Crippen LogP contribution in [-0.2, 0) is 9.59 Å². The maximum Gasteiger partial charge on any atom is 0.225 e. The molecule has 1 N–H and O–H groups in total. The van der Waals surface area contributed by atoms with E-state index >= 15 is 0 Å². The van der Waals surface area contributed by atoms with Crippen LogP contribution in [0.1, 0.15) is 31.2 Å². The molecular weight excluding hydrogens is 304 g/mol. The van der Waals surface area contributed by atoms with Gasteiger partial charge in [-0.15, -0.1) is 0 Å². The number of ether oxygens (including phenoxy) is 1. The number of aryl methyl sites for hydroxylation is 1. The lowest BCUT2D eigenvalue weighted by molar-refractivity contribution is -0.136. The molecular formula is C19H26N2O3. The fraction of sp³-hybridized carbons (Fsp3) is 0.579. The lowest BCUT2D eigenvalue weighted by Crippen LogP contribution is -2.44. The molecule has 1 saturated carbocycles. The van der Waals surface area contributed by atoms with E-state index in [1.807, 2.05) is 36.1 Å². The molecule has 5 heteroatoms. The third kappa shape index (κ3) is 4.49. The maximum atomic E-state index is 12.2. The van der Waals surface area contributed by atoms with Crippen LogP contribution in [0.3, 0.4) is 0 Å². The smallest absolute Gasteiger partial charge is 0.225 e. The molecule has 0 aromatic heterocycles. The van der Waals surface area contributed by atoms with E-state index in [9.17, 15) is 9.59 Å². The molecule has 3 rings (SSSR count). The highest BCUT2D eigenvalue weighted by Crippen LogP contribution is 2.32. The Labute approximate surface area is 143 Å². The monoisotopic (exact) mass is 330 g/mol. The molecule has 0 bridgehead atoms. The number of benzene rings is 1. The Morgan fingerprint density at radius 2 is 1.75 bits per heavy atom. The highest BCUT2D eigenvalue weighted by atomic mass is 16.5. The van der Waals surface area contributed by atoms with Gasteiger partial charge in [-0.25, -0.2) is 0 Å². The van der Waals surface area contributed by atoms with Gasteiger partial charge in [0, 0.05) is 24.9 Å². The van der Waals surface area contributed by atoms with Gasteiger partial charge in [-0.05, 0) is 44.7 Å². The average molecular weight is 330 g/mol. The second-order valence-electron chi connectivity index (χ2n) is 6.83. The summed E-state index contributed by atoms with van der Waals surface area (Å²) in [6.45, 7) is 4.44. The second-order valence-corrected chi connectivity index (χ2v) is 6.83. The third-order valence-corrected chi connectivity index (χ3v) is 4.80. The predicted molar refractivity (Wildman–Crippen MR) is 91.7 cm³/mol. The van der Waals surface area contributed by atoms with Gasteiger partial charge in [0.1, 0.15) is 12.4 Å². The van der Waals surface area contributed by atoms with Crippen molar-refractivity contribution in [1.82, 2.24) is 10.2 Å². The largest absolute Gasteiger partial charge is 0.492 e. The summed E-state index contributed by atoms with van der Waals surface area (Å²) in [7, 11) is 0. The van der Waals surface area contributed by atoms with Gasteiger partial charge in [-0.3, -0.25) is 9.59 Å². The van der Waals surface area contributed by atoms with Gasteiger partial charge in [0.2, 0.25) is 11.8 Å². The molecule has 0 atom stereocenters. The topological polar surface area (TPSA) is 58.6 Å². The number of hydrogen-bond acceptors (Lipinski definition) is 3. The van der Waals surface area contributed by atoms with Crippen LogP contribution in [0.2, 0.25) is 0 Å². The van der Waals surface area contributed by atoms with Crippen LogP contribution in [0, 0.1) is 18.8 Å². The molecule has 1 heterocycles. The summed E-state index contributed by atoms with van der Waals surface area (Å²) in [4.78, 5) is 26.2. The van der Waals surface area contributed by atoms with Crippen molar-refractivity contribution in [3.8, 4) is 5.75 Å². The minimum atomic E-state index is 0.0210. The number of carbonyl (C=O) groups is 2. The summed E-state index contributed by atoms with van der Waals surface area (Å²) in [6.07, 6.45) is 3.62. The van der Waals surface area contributed by atoms with Crippen molar-refractivity contribution >= 4 is 11.8 Å². The van der Waals surface area contributed by atoms with E-state index in [0.717, 1.165) is 31.4 Å². The third-order valence-electron chi connectivity index (χ3n) is 4.80. The zero-order chi connectivity index (χ0) is 16.9. The first kappa shape index (κ1) is 16.8. The van der Waals surface area contributed by atoms with E-state index < -0.39 is 0 Å². The van der Waals surface area contributed by atoms with Crippen molar-refractivity contribution < 1.29 is 14.3 Å². The first-order valence-corrected chi connectivity index (χ1v) is 8.89. The molecule has 1 aliphatic heterocycles. The molecule has 24 heavy (non-hydrogen) atoms. The van der Waals surface area contributed by atoms with E-state index in [-0.39, 0.29) is 17.7 Å². The number of carbonyl (C=O) groups excluding carboxylic acids is 2. The second kappa shape index (κ2) is 7.69. The summed E-state index contributed by atoms with van der Waals surface area (Å²) in [6, 6.07) is 7.88. The van der Waals surface area contributed by atoms with Crippen LogP contribution < -0.4 is 10.1 Å². The van der Waals surface area contributed by atoms with Crippen LogP contribution >= 0.6 is 0 Å². The van der Waals surface area contributed by atoms with Crippen molar-refractivity contribution in [2.75, 3.05) is 26.2 Å². The quantitative estimate of drug-likeness (QED) is 0.813. The Morgan fingerprint density at radius 1 is 1.08 bits per heavy atom. The summed E-state index contributed by atoms with van der Waals surface area (Å²) < 4.78 is 5.61. The van der Waals surface area contributed by atoms with Gasteiger partial charge in [-0.1, -0.05) is 17.7 Å². The molecule has 1 aromatic rings. The Bertz CT molecular complexity index is 573. The average Bonchev–Trinajstić information content (AvgIpc) is 3.45. The SMILES string of the molecule is Cc1ccc(OCCNC(=O)C2CCN(C(=O)C3CC3)CC2)cc1. The predicted octanol–water partition coefficient (Wildman–Crippen LogP) is 2.14. The minimum absolute atomic E-state index is 0.0210. The number of rotatable bonds is 6. The lowest BCUT2D eigenvalue weighted by atomic mass is 9.95. The zero-order valence-electron chi connectivity index (χ0n) is 14.3. The normalized spacial score (nSPS) is 18.3. The molecule has 2 aliphatic rings. The van der Waals surface area contributed by atoms with Crippen molar-refractivity contribution in [3.63, 3.8) is 0 Å². The molecule has 0 spiro atoms. The molecule has 1 aliphatic carbocycles. The van der Waals surface area contributed by atoms with Gasteiger partial charge in [0.05, 0.1) is 6.54 Å². The van der Waals surface area contributed by atoms with Gasteiger partial charge in [0.25, 0.3) is 0 Å². The molecule has 0 unspecified atom stereocenters. The van der Waals surface area contributed by atoms with Crippen LogP contribution in [0.25, 0.3) is 0 Å². The van der Waals surface area contributed by atoms with Crippen LogP contribution in [-0.4, -0.2) is 43.0 Å². The van der Waals surface area contributed by atoms with E-state index in [1.54, 1.807) is 0 Å². The summed E-state index contributed by atoms with van der Waals surface area (Å²) in [5.74, 6) is 1.49. The van der Waals surface area contributed by atoms with E-state index in [2.05, 4.69) is 5.32 Å². The van der Waals surface area contributed by atoms with Gasteiger partial charge < -0.3 is 15.0 Å².